The van der Waals surface area contributed by atoms with E-state index < -0.39 is 0 Å². The van der Waals surface area contributed by atoms with Crippen LogP contribution in [0, 0.1) is 0 Å². The van der Waals surface area contributed by atoms with Crippen molar-refractivity contribution in [3.05, 3.63) is 84.1 Å². The third kappa shape index (κ3) is 3.57. The lowest BCUT2D eigenvalue weighted by Gasteiger charge is -2.16. The zero-order valence-corrected chi connectivity index (χ0v) is 13.8. The fourth-order valence-corrected chi connectivity index (χ4v) is 2.89. The van der Waals surface area contributed by atoms with E-state index in [0.717, 1.165) is 6.42 Å². The summed E-state index contributed by atoms with van der Waals surface area (Å²) in [5.41, 5.74) is 5.75. The normalized spacial score (nSPS) is 13.6. The molecule has 2 aliphatic rings. The van der Waals surface area contributed by atoms with Crippen LogP contribution >= 0.6 is 0 Å². The summed E-state index contributed by atoms with van der Waals surface area (Å²) in [5.74, 6) is 0. The molecule has 0 radical (unpaired) electrons. The van der Waals surface area contributed by atoms with Gasteiger partial charge in [0, 0.05) is 12.7 Å². The van der Waals surface area contributed by atoms with Gasteiger partial charge in [-0.1, -0.05) is 60.7 Å². The molecule has 0 spiro atoms. The second-order valence-corrected chi connectivity index (χ2v) is 5.61. The van der Waals surface area contributed by atoms with Crippen molar-refractivity contribution in [2.24, 2.45) is 0 Å². The molecule has 122 valence electrons. The molecule has 0 aromatic heterocycles. The topological polar surface area (TPSA) is 29.5 Å². The van der Waals surface area contributed by atoms with Crippen molar-refractivity contribution in [2.75, 3.05) is 13.2 Å². The van der Waals surface area contributed by atoms with E-state index in [-0.39, 0.29) is 6.09 Å². The highest BCUT2D eigenvalue weighted by Gasteiger charge is 2.15. The molecule has 1 aliphatic carbocycles. The zero-order valence-electron chi connectivity index (χ0n) is 13.8. The number of nitrogens with zero attached hydrogens (tertiary/aromatic N) is 1. The second kappa shape index (κ2) is 7.64. The number of carbonyl (C=O) groups excluding carboxylic acids is 1. The SMILES string of the molecule is CCOC(=O)N1C=CC=CC1.c1ccc2c(c1)Cc1ccccc1-2. The molecule has 24 heavy (non-hydrogen) atoms. The Morgan fingerprint density at radius 1 is 1.00 bits per heavy atom. The molecule has 0 saturated heterocycles. The summed E-state index contributed by atoms with van der Waals surface area (Å²) in [4.78, 5) is 12.5. The molecule has 0 fully saturated rings. The van der Waals surface area contributed by atoms with Crippen LogP contribution in [0.3, 0.4) is 0 Å². The van der Waals surface area contributed by atoms with Gasteiger partial charge in [-0.25, -0.2) is 4.79 Å². The standard InChI is InChI=1S/C13H10.C8H11NO2/c1-3-7-12-10(5-1)9-11-6-2-4-8-13(11)12;1-2-11-8(10)9-6-4-3-5-7-9/h1-8H,9H2;3-6H,2,7H2,1H3. The molecule has 1 aliphatic heterocycles. The summed E-state index contributed by atoms with van der Waals surface area (Å²) in [5, 5.41) is 0. The molecule has 1 amide bonds. The van der Waals surface area contributed by atoms with Crippen LogP contribution in [-0.2, 0) is 11.2 Å². The number of benzene rings is 2. The van der Waals surface area contributed by atoms with Gasteiger partial charge in [-0.3, -0.25) is 4.90 Å². The van der Waals surface area contributed by atoms with Crippen LogP contribution in [0.25, 0.3) is 11.1 Å². The third-order valence-electron chi connectivity index (χ3n) is 4.02. The summed E-state index contributed by atoms with van der Waals surface area (Å²) in [6.07, 6.45) is 8.13. The fraction of sp³-hybridized carbons (Fsp3) is 0.190. The van der Waals surface area contributed by atoms with Crippen molar-refractivity contribution in [3.63, 3.8) is 0 Å². The van der Waals surface area contributed by atoms with Gasteiger partial charge in [-0.15, -0.1) is 0 Å². The van der Waals surface area contributed by atoms with E-state index in [2.05, 4.69) is 48.5 Å². The fourth-order valence-electron chi connectivity index (χ4n) is 2.89. The third-order valence-corrected chi connectivity index (χ3v) is 4.02. The lowest BCUT2D eigenvalue weighted by Crippen LogP contribution is -2.27. The summed E-state index contributed by atoms with van der Waals surface area (Å²) in [6, 6.07) is 17.3. The number of ether oxygens (including phenoxy) is 1. The molecule has 0 unspecified atom stereocenters. The van der Waals surface area contributed by atoms with Crippen molar-refractivity contribution in [2.45, 2.75) is 13.3 Å². The Kier molecular flexibility index (Phi) is 5.12. The lowest BCUT2D eigenvalue weighted by atomic mass is 10.1. The summed E-state index contributed by atoms with van der Waals surface area (Å²) >= 11 is 0. The maximum atomic E-state index is 11.0. The Bertz CT molecular complexity index is 733. The molecule has 1 heterocycles. The van der Waals surface area contributed by atoms with Crippen molar-refractivity contribution in [1.29, 1.82) is 0 Å². The Labute approximate surface area is 142 Å². The first-order chi connectivity index (χ1) is 11.8. The predicted octanol–water partition coefficient (Wildman–Crippen LogP) is 4.79. The lowest BCUT2D eigenvalue weighted by molar-refractivity contribution is 0.125. The van der Waals surface area contributed by atoms with Crippen molar-refractivity contribution >= 4 is 6.09 Å². The predicted molar refractivity (Wildman–Crippen MR) is 96.7 cm³/mol. The van der Waals surface area contributed by atoms with Crippen LogP contribution in [0.4, 0.5) is 4.79 Å². The minimum atomic E-state index is -0.284. The van der Waals surface area contributed by atoms with E-state index in [1.165, 1.54) is 27.2 Å². The molecule has 2 aromatic carbocycles. The molecule has 4 rings (SSSR count). The highest BCUT2D eigenvalue weighted by Crippen LogP contribution is 2.35. The van der Waals surface area contributed by atoms with Crippen LogP contribution in [0.2, 0.25) is 0 Å². The van der Waals surface area contributed by atoms with Gasteiger partial charge < -0.3 is 4.74 Å². The van der Waals surface area contributed by atoms with Crippen molar-refractivity contribution < 1.29 is 9.53 Å². The maximum Gasteiger partial charge on any atom is 0.414 e. The van der Waals surface area contributed by atoms with E-state index >= 15 is 0 Å². The quantitative estimate of drug-likeness (QED) is 0.645. The van der Waals surface area contributed by atoms with Crippen LogP contribution in [0.15, 0.2) is 73.0 Å². The number of fused-ring (bicyclic) bond motifs is 3. The van der Waals surface area contributed by atoms with Crippen molar-refractivity contribution in [3.8, 4) is 11.1 Å². The van der Waals surface area contributed by atoms with E-state index in [1.807, 2.05) is 12.2 Å². The average molecular weight is 319 g/mol. The van der Waals surface area contributed by atoms with E-state index in [4.69, 9.17) is 4.74 Å². The van der Waals surface area contributed by atoms with Crippen LogP contribution in [-0.4, -0.2) is 24.1 Å². The van der Waals surface area contributed by atoms with Crippen LogP contribution in [0.5, 0.6) is 0 Å². The molecule has 3 nitrogen and oxygen atoms in total. The molecule has 2 aromatic rings. The number of hydrogen-bond donors (Lipinski definition) is 0. The van der Waals surface area contributed by atoms with Gasteiger partial charge >= 0.3 is 6.09 Å². The van der Waals surface area contributed by atoms with Gasteiger partial charge in [0.2, 0.25) is 0 Å². The van der Waals surface area contributed by atoms with Gasteiger partial charge in [0.1, 0.15) is 0 Å². The van der Waals surface area contributed by atoms with Gasteiger partial charge in [-0.05, 0) is 41.7 Å². The van der Waals surface area contributed by atoms with E-state index in [0.29, 0.717) is 13.2 Å². The van der Waals surface area contributed by atoms with Gasteiger partial charge in [0.25, 0.3) is 0 Å². The number of allylic oxidation sites excluding steroid dienone is 2. The smallest absolute Gasteiger partial charge is 0.414 e. The Balaban J connectivity index is 0.000000144. The molecule has 0 atom stereocenters. The van der Waals surface area contributed by atoms with Gasteiger partial charge in [0.05, 0.1) is 6.61 Å². The number of amides is 1. The summed E-state index contributed by atoms with van der Waals surface area (Å²) in [6.45, 7) is 2.82. The van der Waals surface area contributed by atoms with Crippen LogP contribution < -0.4 is 0 Å². The van der Waals surface area contributed by atoms with Crippen LogP contribution in [0.1, 0.15) is 18.1 Å². The Morgan fingerprint density at radius 3 is 2.17 bits per heavy atom. The molecular formula is C21H21NO2. The number of hydrogen-bond acceptors (Lipinski definition) is 2. The van der Waals surface area contributed by atoms with E-state index in [1.54, 1.807) is 19.2 Å². The number of carbonyl (C=O) groups is 1. The summed E-state index contributed by atoms with van der Waals surface area (Å²) in [7, 11) is 0. The molecule has 0 saturated carbocycles. The average Bonchev–Trinajstić information content (AvgIpc) is 3.02. The monoisotopic (exact) mass is 319 g/mol. The first-order valence-electron chi connectivity index (χ1n) is 8.22. The second-order valence-electron chi connectivity index (χ2n) is 5.61. The Morgan fingerprint density at radius 2 is 1.62 bits per heavy atom. The van der Waals surface area contributed by atoms with Gasteiger partial charge in [0.15, 0.2) is 0 Å². The molecule has 0 N–H and O–H groups in total. The minimum Gasteiger partial charge on any atom is -0.449 e. The van der Waals surface area contributed by atoms with Gasteiger partial charge in [-0.2, -0.15) is 0 Å². The van der Waals surface area contributed by atoms with Crippen molar-refractivity contribution in [1.82, 2.24) is 4.90 Å². The number of rotatable bonds is 1. The first kappa shape index (κ1) is 16.1. The molecule has 0 bridgehead atoms. The Hall–Kier alpha value is -2.81. The summed E-state index contributed by atoms with van der Waals surface area (Å²) < 4.78 is 4.78. The molecular weight excluding hydrogens is 298 g/mol. The van der Waals surface area contributed by atoms with E-state index in [9.17, 15) is 4.79 Å². The molecule has 3 heteroatoms. The zero-order chi connectivity index (χ0) is 16.8. The largest absolute Gasteiger partial charge is 0.449 e. The minimum absolute atomic E-state index is 0.284. The maximum absolute atomic E-state index is 11.0. The first-order valence-corrected chi connectivity index (χ1v) is 8.22. The highest BCUT2D eigenvalue weighted by molar-refractivity contribution is 5.76. The highest BCUT2D eigenvalue weighted by atomic mass is 16.6.